The number of nitrogens with one attached hydrogen (secondary N) is 1. The maximum atomic E-state index is 14.3. The van der Waals surface area contributed by atoms with Gasteiger partial charge in [0.25, 0.3) is 11.8 Å². The Morgan fingerprint density at radius 3 is 2.48 bits per heavy atom. The van der Waals surface area contributed by atoms with Gasteiger partial charge < -0.3 is 20.5 Å². The Balaban J connectivity index is 2.07. The van der Waals surface area contributed by atoms with Crippen molar-refractivity contribution in [2.24, 2.45) is 11.7 Å². The fraction of sp³-hybridized carbons (Fsp3) is 0.400. The number of amides is 2. The Morgan fingerprint density at radius 1 is 1.24 bits per heavy atom. The lowest BCUT2D eigenvalue weighted by atomic mass is 9.77. The van der Waals surface area contributed by atoms with Crippen molar-refractivity contribution >= 4 is 17.6 Å². The summed E-state index contributed by atoms with van der Waals surface area (Å²) in [7, 11) is 1.02. The summed E-state index contributed by atoms with van der Waals surface area (Å²) < 4.78 is 79.9. The molecule has 0 spiro atoms. The van der Waals surface area contributed by atoms with Crippen molar-refractivity contribution in [3.8, 4) is 5.75 Å². The average Bonchev–Trinajstić information content (AvgIpc) is 3.02. The highest BCUT2D eigenvalue weighted by atomic mass is 19.4. The molecule has 3 N–H and O–H groups in total. The Morgan fingerprint density at radius 2 is 1.91 bits per heavy atom. The molecule has 0 bridgehead atoms. The number of anilines is 1. The lowest BCUT2D eigenvalue weighted by Crippen LogP contribution is -2.47. The third kappa shape index (κ3) is 4.19. The first-order chi connectivity index (χ1) is 15.3. The van der Waals surface area contributed by atoms with Crippen LogP contribution in [0.15, 0.2) is 24.5 Å². The first-order valence-corrected chi connectivity index (χ1v) is 9.51. The maximum Gasteiger partial charge on any atom is 0.417 e. The van der Waals surface area contributed by atoms with Crippen molar-refractivity contribution in [3.63, 3.8) is 0 Å². The number of nitrogens with zero attached hydrogens (tertiary/aromatic N) is 2. The van der Waals surface area contributed by atoms with Crippen molar-refractivity contribution in [1.29, 1.82) is 0 Å². The van der Waals surface area contributed by atoms with Crippen LogP contribution < -0.4 is 15.8 Å². The first-order valence-electron chi connectivity index (χ1n) is 9.51. The van der Waals surface area contributed by atoms with Crippen molar-refractivity contribution in [2.75, 3.05) is 12.4 Å². The van der Waals surface area contributed by atoms with Gasteiger partial charge in [0.05, 0.1) is 19.5 Å². The number of aromatic nitrogens is 2. The molecule has 1 fully saturated rings. The second-order valence-corrected chi connectivity index (χ2v) is 7.58. The SMILES string of the molecule is COc1c([C@@H]2[C@H](C(=O)Nc3cncc(C(N)=O)n3)O[C@](C)(C(F)(F)F)[C@H]2C)ccc(F)c1F. The van der Waals surface area contributed by atoms with Gasteiger partial charge in [0, 0.05) is 17.4 Å². The van der Waals surface area contributed by atoms with Crippen LogP contribution in [0.5, 0.6) is 5.75 Å². The number of methoxy groups -OCH3 is 1. The predicted molar refractivity (Wildman–Crippen MR) is 103 cm³/mol. The number of benzene rings is 1. The van der Waals surface area contributed by atoms with Gasteiger partial charge in [0.15, 0.2) is 23.0 Å². The topological polar surface area (TPSA) is 116 Å². The van der Waals surface area contributed by atoms with Crippen molar-refractivity contribution in [2.45, 2.75) is 37.6 Å². The molecule has 1 aliphatic rings. The molecule has 13 heteroatoms. The van der Waals surface area contributed by atoms with Crippen LogP contribution in [0.25, 0.3) is 0 Å². The molecular weight excluding hydrogens is 455 g/mol. The summed E-state index contributed by atoms with van der Waals surface area (Å²) in [6.45, 7) is 1.94. The summed E-state index contributed by atoms with van der Waals surface area (Å²) in [6.07, 6.45) is -4.65. The van der Waals surface area contributed by atoms with Gasteiger partial charge in [-0.05, 0) is 13.0 Å². The summed E-state index contributed by atoms with van der Waals surface area (Å²) in [5.41, 5.74) is 1.82. The van der Waals surface area contributed by atoms with E-state index in [0.29, 0.717) is 0 Å². The van der Waals surface area contributed by atoms with Gasteiger partial charge >= 0.3 is 6.18 Å². The van der Waals surface area contributed by atoms with Crippen LogP contribution in [0.4, 0.5) is 27.8 Å². The predicted octanol–water partition coefficient (Wildman–Crippen LogP) is 2.94. The second-order valence-electron chi connectivity index (χ2n) is 7.58. The van der Waals surface area contributed by atoms with E-state index in [9.17, 15) is 31.5 Å². The Bertz CT molecular complexity index is 1100. The number of primary amides is 1. The van der Waals surface area contributed by atoms with E-state index in [2.05, 4.69) is 15.3 Å². The zero-order chi connectivity index (χ0) is 24.7. The van der Waals surface area contributed by atoms with Crippen molar-refractivity contribution < 1.29 is 41.0 Å². The molecule has 0 unspecified atom stereocenters. The van der Waals surface area contributed by atoms with Crippen LogP contribution in [0.2, 0.25) is 0 Å². The van der Waals surface area contributed by atoms with Crippen molar-refractivity contribution in [1.82, 2.24) is 9.97 Å². The number of ether oxygens (including phenoxy) is 2. The fourth-order valence-corrected chi connectivity index (χ4v) is 3.78. The molecule has 8 nitrogen and oxygen atoms in total. The van der Waals surface area contributed by atoms with Crippen LogP contribution in [-0.4, -0.2) is 46.8 Å². The summed E-state index contributed by atoms with van der Waals surface area (Å²) >= 11 is 0. The molecule has 178 valence electrons. The van der Waals surface area contributed by atoms with Crippen LogP contribution in [0.1, 0.15) is 35.8 Å². The molecule has 3 rings (SSSR count). The monoisotopic (exact) mass is 474 g/mol. The number of carbonyl (C=O) groups is 2. The van der Waals surface area contributed by atoms with E-state index in [1.54, 1.807) is 0 Å². The zero-order valence-corrected chi connectivity index (χ0v) is 17.5. The molecule has 0 saturated carbocycles. The second kappa shape index (κ2) is 8.54. The van der Waals surface area contributed by atoms with E-state index in [0.717, 1.165) is 38.6 Å². The van der Waals surface area contributed by atoms with Gasteiger partial charge in [-0.3, -0.25) is 14.6 Å². The van der Waals surface area contributed by atoms with Crippen LogP contribution in [0.3, 0.4) is 0 Å². The van der Waals surface area contributed by atoms with E-state index in [-0.39, 0.29) is 17.1 Å². The lowest BCUT2D eigenvalue weighted by Gasteiger charge is -2.32. The van der Waals surface area contributed by atoms with Gasteiger partial charge in [-0.15, -0.1) is 0 Å². The molecule has 0 aliphatic carbocycles. The highest BCUT2D eigenvalue weighted by Crippen LogP contribution is 2.54. The molecule has 1 saturated heterocycles. The number of nitrogens with two attached hydrogens (primary N) is 1. The third-order valence-electron chi connectivity index (χ3n) is 5.71. The molecule has 1 aromatic carbocycles. The van der Waals surface area contributed by atoms with Crippen molar-refractivity contribution in [3.05, 3.63) is 47.4 Å². The number of halogens is 5. The van der Waals surface area contributed by atoms with Gasteiger partial charge in [-0.1, -0.05) is 13.0 Å². The van der Waals surface area contributed by atoms with Crippen LogP contribution in [0, 0.1) is 17.6 Å². The Kier molecular flexibility index (Phi) is 6.29. The van der Waals surface area contributed by atoms with Gasteiger partial charge in [-0.25, -0.2) is 9.37 Å². The number of rotatable bonds is 5. The summed E-state index contributed by atoms with van der Waals surface area (Å²) in [5.74, 6) is -8.45. The quantitative estimate of drug-likeness (QED) is 0.644. The van der Waals surface area contributed by atoms with E-state index in [4.69, 9.17) is 15.2 Å². The maximum absolute atomic E-state index is 14.3. The minimum absolute atomic E-state index is 0.186. The van der Waals surface area contributed by atoms with Gasteiger partial charge in [0.1, 0.15) is 11.8 Å². The highest BCUT2D eigenvalue weighted by Gasteiger charge is 2.65. The van der Waals surface area contributed by atoms with Crippen LogP contribution >= 0.6 is 0 Å². The molecule has 1 aromatic heterocycles. The molecular formula is C20H19F5N4O4. The van der Waals surface area contributed by atoms with E-state index < -0.39 is 58.9 Å². The Labute approximate surface area is 184 Å². The van der Waals surface area contributed by atoms with Gasteiger partial charge in [0.2, 0.25) is 5.82 Å². The number of alkyl halides is 3. The third-order valence-corrected chi connectivity index (χ3v) is 5.71. The average molecular weight is 474 g/mol. The fourth-order valence-electron chi connectivity index (χ4n) is 3.78. The molecule has 33 heavy (non-hydrogen) atoms. The van der Waals surface area contributed by atoms with Gasteiger partial charge in [-0.2, -0.15) is 17.6 Å². The molecule has 2 heterocycles. The summed E-state index contributed by atoms with van der Waals surface area (Å²) in [6, 6.07) is 1.76. The number of hydrogen-bond donors (Lipinski definition) is 2. The Hall–Kier alpha value is -3.35. The molecule has 2 aromatic rings. The number of hydrogen-bond acceptors (Lipinski definition) is 6. The van der Waals surface area contributed by atoms with E-state index in [1.165, 1.54) is 6.92 Å². The summed E-state index contributed by atoms with van der Waals surface area (Å²) in [4.78, 5) is 31.7. The molecule has 4 atom stereocenters. The zero-order valence-electron chi connectivity index (χ0n) is 17.5. The lowest BCUT2D eigenvalue weighted by molar-refractivity contribution is -0.272. The van der Waals surface area contributed by atoms with E-state index >= 15 is 0 Å². The minimum atomic E-state index is -4.91. The number of carbonyl (C=O) groups excluding carboxylic acids is 2. The largest absolute Gasteiger partial charge is 0.493 e. The molecule has 1 aliphatic heterocycles. The smallest absolute Gasteiger partial charge is 0.417 e. The summed E-state index contributed by atoms with van der Waals surface area (Å²) in [5, 5.41) is 2.23. The standard InChI is InChI=1S/C20H19F5N4O4/c1-8-13(9-4-5-10(21)14(22)15(9)32-3)16(33-19(8,2)20(23,24)25)18(31)29-12-7-27-6-11(28-12)17(26)30/h4-8,13,16H,1-3H3,(H2,26,30)(H,28,29,31)/t8-,13+,16+,19-/m0/s1. The first kappa shape index (κ1) is 24.3. The normalized spacial score (nSPS) is 25.0. The highest BCUT2D eigenvalue weighted by molar-refractivity contribution is 5.95. The molecule has 2 amide bonds. The molecule has 0 radical (unpaired) electrons. The van der Waals surface area contributed by atoms with Crippen LogP contribution in [-0.2, 0) is 9.53 Å². The van der Waals surface area contributed by atoms with E-state index in [1.807, 2.05) is 0 Å². The minimum Gasteiger partial charge on any atom is -0.493 e.